The van der Waals surface area contributed by atoms with Gasteiger partial charge in [0.25, 0.3) is 0 Å². The first kappa shape index (κ1) is 12.1. The van der Waals surface area contributed by atoms with E-state index in [9.17, 15) is 4.39 Å². The lowest BCUT2D eigenvalue weighted by Gasteiger charge is -2.12. The fourth-order valence-corrected chi connectivity index (χ4v) is 2.91. The molecule has 19 heavy (non-hydrogen) atoms. The van der Waals surface area contributed by atoms with Gasteiger partial charge in [-0.05, 0) is 24.6 Å². The fourth-order valence-electron chi connectivity index (χ4n) is 1.97. The highest BCUT2D eigenvalue weighted by molar-refractivity contribution is 7.22. The summed E-state index contributed by atoms with van der Waals surface area (Å²) in [6.45, 7) is 2.09. The van der Waals surface area contributed by atoms with Crippen molar-refractivity contribution in [3.63, 3.8) is 0 Å². The lowest BCUT2D eigenvalue weighted by atomic mass is 10.1. The van der Waals surface area contributed by atoms with Gasteiger partial charge in [0.05, 0.1) is 16.3 Å². The molecule has 2 aromatic carbocycles. The Bertz CT molecular complexity index is 694. The van der Waals surface area contributed by atoms with Crippen molar-refractivity contribution in [3.05, 3.63) is 59.9 Å². The topological polar surface area (TPSA) is 24.9 Å². The van der Waals surface area contributed by atoms with E-state index in [0.29, 0.717) is 5.52 Å². The minimum Gasteiger partial charge on any atom is -0.355 e. The van der Waals surface area contributed by atoms with Crippen molar-refractivity contribution in [2.45, 2.75) is 13.0 Å². The molecule has 1 N–H and O–H groups in total. The molecule has 1 aromatic heterocycles. The molecule has 1 heterocycles. The second kappa shape index (κ2) is 4.97. The van der Waals surface area contributed by atoms with Crippen molar-refractivity contribution in [2.75, 3.05) is 5.32 Å². The number of nitrogens with zero attached hydrogens (tertiary/aromatic N) is 1. The van der Waals surface area contributed by atoms with E-state index in [1.165, 1.54) is 17.7 Å². The first-order valence-corrected chi connectivity index (χ1v) is 6.91. The Balaban J connectivity index is 1.85. The monoisotopic (exact) mass is 272 g/mol. The highest BCUT2D eigenvalue weighted by atomic mass is 32.1. The molecule has 4 heteroatoms. The second-order valence-corrected chi connectivity index (χ2v) is 5.44. The molecule has 0 aliphatic rings. The second-order valence-electron chi connectivity index (χ2n) is 4.41. The third-order valence-electron chi connectivity index (χ3n) is 2.99. The van der Waals surface area contributed by atoms with Crippen molar-refractivity contribution in [1.82, 2.24) is 4.98 Å². The molecule has 0 saturated heterocycles. The van der Waals surface area contributed by atoms with Crippen LogP contribution in [0.5, 0.6) is 0 Å². The Hall–Kier alpha value is -1.94. The van der Waals surface area contributed by atoms with E-state index in [1.54, 1.807) is 17.4 Å². The maximum Gasteiger partial charge on any atom is 0.184 e. The number of hydrogen-bond acceptors (Lipinski definition) is 3. The summed E-state index contributed by atoms with van der Waals surface area (Å²) in [6.07, 6.45) is 0. The Morgan fingerprint density at radius 1 is 1.16 bits per heavy atom. The number of hydrogen-bond donors (Lipinski definition) is 1. The Morgan fingerprint density at radius 2 is 1.95 bits per heavy atom. The Labute approximate surface area is 114 Å². The minimum absolute atomic E-state index is 0.173. The summed E-state index contributed by atoms with van der Waals surface area (Å²) in [5.41, 5.74) is 1.90. The quantitative estimate of drug-likeness (QED) is 0.753. The molecule has 0 aliphatic carbocycles. The summed E-state index contributed by atoms with van der Waals surface area (Å²) >= 11 is 1.54. The highest BCUT2D eigenvalue weighted by Crippen LogP contribution is 2.29. The van der Waals surface area contributed by atoms with E-state index in [2.05, 4.69) is 29.4 Å². The van der Waals surface area contributed by atoms with Crippen LogP contribution in [0.15, 0.2) is 48.5 Å². The van der Waals surface area contributed by atoms with Gasteiger partial charge in [-0.1, -0.05) is 41.7 Å². The molecule has 3 aromatic rings. The van der Waals surface area contributed by atoms with Gasteiger partial charge in [0.1, 0.15) is 5.82 Å². The van der Waals surface area contributed by atoms with Gasteiger partial charge < -0.3 is 5.32 Å². The summed E-state index contributed by atoms with van der Waals surface area (Å²) in [5.74, 6) is -0.250. The van der Waals surface area contributed by atoms with Crippen LogP contribution in [-0.2, 0) is 0 Å². The normalized spacial score (nSPS) is 12.5. The van der Waals surface area contributed by atoms with Crippen LogP contribution in [0.1, 0.15) is 18.5 Å². The maximum atomic E-state index is 13.1. The molecule has 3 rings (SSSR count). The zero-order valence-corrected chi connectivity index (χ0v) is 11.2. The van der Waals surface area contributed by atoms with Gasteiger partial charge in [0.2, 0.25) is 0 Å². The number of thiazole rings is 1. The van der Waals surface area contributed by atoms with Crippen molar-refractivity contribution < 1.29 is 4.39 Å². The molecule has 0 aliphatic heterocycles. The average Bonchev–Trinajstić information content (AvgIpc) is 2.81. The number of nitrogens with one attached hydrogen (secondary N) is 1. The van der Waals surface area contributed by atoms with Crippen LogP contribution < -0.4 is 5.32 Å². The van der Waals surface area contributed by atoms with Crippen LogP contribution in [0.2, 0.25) is 0 Å². The van der Waals surface area contributed by atoms with Gasteiger partial charge >= 0.3 is 0 Å². The molecule has 1 unspecified atom stereocenters. The van der Waals surface area contributed by atoms with E-state index >= 15 is 0 Å². The maximum absolute atomic E-state index is 13.1. The fraction of sp³-hybridized carbons (Fsp3) is 0.133. The van der Waals surface area contributed by atoms with E-state index in [0.717, 1.165) is 9.83 Å². The Morgan fingerprint density at radius 3 is 2.74 bits per heavy atom. The van der Waals surface area contributed by atoms with Crippen LogP contribution in [0.4, 0.5) is 9.52 Å². The van der Waals surface area contributed by atoms with E-state index < -0.39 is 0 Å². The molecule has 96 valence electrons. The number of fused-ring (bicyclic) bond motifs is 1. The zero-order chi connectivity index (χ0) is 13.2. The van der Waals surface area contributed by atoms with Gasteiger partial charge in [-0.25, -0.2) is 9.37 Å². The van der Waals surface area contributed by atoms with Crippen molar-refractivity contribution in [3.8, 4) is 0 Å². The Kier molecular flexibility index (Phi) is 3.17. The van der Waals surface area contributed by atoms with E-state index in [1.807, 2.05) is 18.2 Å². The number of halogens is 1. The summed E-state index contributed by atoms with van der Waals surface area (Å²) in [5, 5.41) is 4.17. The average molecular weight is 272 g/mol. The molecule has 0 radical (unpaired) electrons. The molecule has 0 fully saturated rings. The highest BCUT2D eigenvalue weighted by Gasteiger charge is 2.09. The first-order valence-electron chi connectivity index (χ1n) is 6.10. The molecular formula is C15H13FN2S. The number of aromatic nitrogens is 1. The summed E-state index contributed by atoms with van der Waals surface area (Å²) in [7, 11) is 0. The summed E-state index contributed by atoms with van der Waals surface area (Å²) in [6, 6.07) is 15.0. The molecule has 0 amide bonds. The molecule has 0 saturated carbocycles. The summed E-state index contributed by atoms with van der Waals surface area (Å²) < 4.78 is 14.1. The molecule has 1 atom stereocenters. The van der Waals surface area contributed by atoms with Gasteiger partial charge in [-0.2, -0.15) is 0 Å². The van der Waals surface area contributed by atoms with E-state index in [4.69, 9.17) is 0 Å². The predicted octanol–water partition coefficient (Wildman–Crippen LogP) is 4.61. The van der Waals surface area contributed by atoms with E-state index in [-0.39, 0.29) is 11.9 Å². The van der Waals surface area contributed by atoms with Gasteiger partial charge in [-0.15, -0.1) is 0 Å². The molecule has 0 bridgehead atoms. The first-order chi connectivity index (χ1) is 9.22. The largest absolute Gasteiger partial charge is 0.355 e. The van der Waals surface area contributed by atoms with Crippen LogP contribution in [0.3, 0.4) is 0 Å². The van der Waals surface area contributed by atoms with Gasteiger partial charge in [0.15, 0.2) is 5.13 Å². The van der Waals surface area contributed by atoms with Crippen LogP contribution >= 0.6 is 11.3 Å². The van der Waals surface area contributed by atoms with Gasteiger partial charge in [-0.3, -0.25) is 0 Å². The lowest BCUT2D eigenvalue weighted by molar-refractivity contribution is 0.629. The number of anilines is 1. The number of benzene rings is 2. The molecule has 0 spiro atoms. The van der Waals surface area contributed by atoms with Crippen molar-refractivity contribution in [2.24, 2.45) is 0 Å². The summed E-state index contributed by atoms with van der Waals surface area (Å²) in [4.78, 5) is 4.41. The SMILES string of the molecule is CC(Nc1nc2cc(F)ccc2s1)c1ccccc1. The van der Waals surface area contributed by atoms with Crippen molar-refractivity contribution >= 4 is 26.7 Å². The smallest absolute Gasteiger partial charge is 0.184 e. The molecular weight excluding hydrogens is 259 g/mol. The third kappa shape index (κ3) is 2.58. The standard InChI is InChI=1S/C15H13FN2S/c1-10(11-5-3-2-4-6-11)17-15-18-13-9-12(16)7-8-14(13)19-15/h2-10H,1H3,(H,17,18). The van der Waals surface area contributed by atoms with Crippen LogP contribution in [0, 0.1) is 5.82 Å². The zero-order valence-electron chi connectivity index (χ0n) is 10.4. The van der Waals surface area contributed by atoms with Gasteiger partial charge in [0, 0.05) is 6.07 Å². The minimum atomic E-state index is -0.250. The third-order valence-corrected chi connectivity index (χ3v) is 3.96. The lowest BCUT2D eigenvalue weighted by Crippen LogP contribution is -2.05. The molecule has 2 nitrogen and oxygen atoms in total. The predicted molar refractivity (Wildman–Crippen MR) is 78.1 cm³/mol. The van der Waals surface area contributed by atoms with Crippen LogP contribution in [-0.4, -0.2) is 4.98 Å². The number of rotatable bonds is 3. The van der Waals surface area contributed by atoms with Crippen molar-refractivity contribution in [1.29, 1.82) is 0 Å². The van der Waals surface area contributed by atoms with Crippen LogP contribution in [0.25, 0.3) is 10.2 Å².